The third-order valence-electron chi connectivity index (χ3n) is 11.0. The van der Waals surface area contributed by atoms with Gasteiger partial charge in [-0.2, -0.15) is 4.31 Å². The molecule has 4 aliphatic heterocycles. The van der Waals surface area contributed by atoms with Crippen LogP contribution in [0.3, 0.4) is 0 Å². The van der Waals surface area contributed by atoms with Crippen LogP contribution in [0.15, 0.2) is 71.6 Å². The predicted molar refractivity (Wildman–Crippen MR) is 200 cm³/mol. The van der Waals surface area contributed by atoms with Crippen LogP contribution in [-0.2, 0) is 14.8 Å². The maximum Gasteiger partial charge on any atom is 0.410 e. The number of benzene rings is 3. The van der Waals surface area contributed by atoms with Crippen molar-refractivity contribution in [3.05, 3.63) is 88.7 Å². The van der Waals surface area contributed by atoms with E-state index in [1.54, 1.807) is 27.2 Å². The van der Waals surface area contributed by atoms with Crippen molar-refractivity contribution in [2.45, 2.75) is 81.0 Å². The molecule has 278 valence electrons. The highest BCUT2D eigenvalue weighted by Crippen LogP contribution is 2.44. The quantitative estimate of drug-likeness (QED) is 0.269. The number of nitrogens with zero attached hydrogens (tertiary/aromatic N) is 5. The third-order valence-corrected chi connectivity index (χ3v) is 13.2. The van der Waals surface area contributed by atoms with E-state index in [1.165, 1.54) is 17.7 Å². The van der Waals surface area contributed by atoms with Gasteiger partial charge in [0, 0.05) is 58.4 Å². The van der Waals surface area contributed by atoms with Crippen LogP contribution in [0.1, 0.15) is 68.3 Å². The Morgan fingerprint density at radius 1 is 0.865 bits per heavy atom. The van der Waals surface area contributed by atoms with E-state index in [2.05, 4.69) is 21.9 Å². The lowest BCUT2D eigenvalue weighted by molar-refractivity contribution is 0.0197. The molecule has 3 aromatic rings. The number of ether oxygens (including phenoxy) is 1. The van der Waals surface area contributed by atoms with Gasteiger partial charge in [0.1, 0.15) is 11.4 Å². The number of fused-ring (bicyclic) bond motifs is 2. The second-order valence-corrected chi connectivity index (χ2v) is 17.9. The lowest BCUT2D eigenvalue weighted by Crippen LogP contribution is -2.61. The Labute approximate surface area is 311 Å². The number of rotatable bonds is 7. The first-order valence-electron chi connectivity index (χ1n) is 18.1. The molecule has 2 atom stereocenters. The van der Waals surface area contributed by atoms with Crippen molar-refractivity contribution >= 4 is 45.0 Å². The summed E-state index contributed by atoms with van der Waals surface area (Å²) in [7, 11) is -2.04. The number of hydrogen-bond donors (Lipinski definition) is 0. The summed E-state index contributed by atoms with van der Waals surface area (Å²) < 4.78 is 49.5. The number of amides is 2. The Kier molecular flexibility index (Phi) is 9.94. The number of carbonyl (C=O) groups excluding carboxylic acids is 2. The molecule has 0 radical (unpaired) electrons. The Morgan fingerprint density at radius 3 is 2.13 bits per heavy atom. The highest BCUT2D eigenvalue weighted by atomic mass is 35.5. The molecule has 0 spiro atoms. The van der Waals surface area contributed by atoms with E-state index in [9.17, 15) is 22.4 Å². The topological polar surface area (TPSA) is 93.7 Å². The van der Waals surface area contributed by atoms with E-state index in [-0.39, 0.29) is 45.6 Å². The van der Waals surface area contributed by atoms with Gasteiger partial charge in [-0.05, 0) is 94.3 Å². The smallest absolute Gasteiger partial charge is 0.410 e. The number of hydrogen-bond acceptors (Lipinski definition) is 7. The number of halogens is 2. The Hall–Kier alpha value is -3.87. The minimum atomic E-state index is -3.79. The van der Waals surface area contributed by atoms with Crippen LogP contribution >= 0.6 is 11.6 Å². The zero-order valence-electron chi connectivity index (χ0n) is 30.2. The molecular weight excluding hydrogens is 705 g/mol. The number of likely N-dealkylation sites (N-methyl/N-ethyl adjacent to an activating group) is 1. The number of piperidine rings is 1. The average molecular weight is 752 g/mol. The molecule has 4 heterocycles. The first kappa shape index (κ1) is 36.5. The van der Waals surface area contributed by atoms with Crippen molar-refractivity contribution < 1.29 is 27.1 Å². The number of likely N-dealkylation sites (tertiary alicyclic amines) is 1. The monoisotopic (exact) mass is 751 g/mol. The Balaban J connectivity index is 1.15. The highest BCUT2D eigenvalue weighted by Gasteiger charge is 2.45. The molecule has 0 aliphatic carbocycles. The molecule has 2 unspecified atom stereocenters. The van der Waals surface area contributed by atoms with Gasteiger partial charge < -0.3 is 24.3 Å². The van der Waals surface area contributed by atoms with E-state index >= 15 is 0 Å². The number of sulfonamides is 1. The molecule has 7 rings (SSSR count). The zero-order chi connectivity index (χ0) is 36.9. The summed E-state index contributed by atoms with van der Waals surface area (Å²) >= 11 is 6.29. The van der Waals surface area contributed by atoms with Crippen LogP contribution in [0, 0.1) is 5.82 Å². The summed E-state index contributed by atoms with van der Waals surface area (Å²) in [6, 6.07) is 19.4. The third kappa shape index (κ3) is 7.21. The highest BCUT2D eigenvalue weighted by molar-refractivity contribution is 7.89. The first-order chi connectivity index (χ1) is 24.7. The maximum absolute atomic E-state index is 14.2. The molecule has 2 bridgehead atoms. The maximum atomic E-state index is 14.2. The molecule has 13 heteroatoms. The molecular formula is C39H47ClFN5O5S. The molecule has 52 heavy (non-hydrogen) atoms. The van der Waals surface area contributed by atoms with Gasteiger partial charge in [-0.15, -0.1) is 0 Å². The van der Waals surface area contributed by atoms with Crippen molar-refractivity contribution in [2.75, 3.05) is 56.1 Å². The molecule has 4 saturated heterocycles. The van der Waals surface area contributed by atoms with Crippen molar-refractivity contribution in [3.8, 4) is 0 Å². The number of anilines is 2. The van der Waals surface area contributed by atoms with E-state index in [4.69, 9.17) is 16.3 Å². The van der Waals surface area contributed by atoms with E-state index in [0.29, 0.717) is 45.2 Å². The lowest BCUT2D eigenvalue weighted by Gasteiger charge is -2.48. The van der Waals surface area contributed by atoms with Gasteiger partial charge in [-0.25, -0.2) is 17.6 Å². The number of piperazine rings is 1. The molecule has 0 aromatic heterocycles. The van der Waals surface area contributed by atoms with Crippen LogP contribution < -0.4 is 9.80 Å². The van der Waals surface area contributed by atoms with E-state index in [1.807, 2.05) is 51.1 Å². The average Bonchev–Trinajstić information content (AvgIpc) is 3.35. The number of carbonyl (C=O) groups is 2. The van der Waals surface area contributed by atoms with Crippen LogP contribution in [-0.4, -0.2) is 105 Å². The summed E-state index contributed by atoms with van der Waals surface area (Å²) in [5.41, 5.74) is 2.62. The molecule has 4 fully saturated rings. The van der Waals surface area contributed by atoms with Crippen molar-refractivity contribution in [1.82, 2.24) is 14.1 Å². The van der Waals surface area contributed by atoms with Gasteiger partial charge >= 0.3 is 6.09 Å². The van der Waals surface area contributed by atoms with Gasteiger partial charge in [0.05, 0.1) is 32.9 Å². The Morgan fingerprint density at radius 2 is 1.52 bits per heavy atom. The van der Waals surface area contributed by atoms with E-state index < -0.39 is 21.4 Å². The summed E-state index contributed by atoms with van der Waals surface area (Å²) in [4.78, 5) is 34.6. The van der Waals surface area contributed by atoms with Gasteiger partial charge in [-0.3, -0.25) is 4.79 Å². The normalized spacial score (nSPS) is 21.6. The van der Waals surface area contributed by atoms with Gasteiger partial charge in [0.25, 0.3) is 5.91 Å². The van der Waals surface area contributed by atoms with Gasteiger partial charge in [-0.1, -0.05) is 41.9 Å². The second-order valence-electron chi connectivity index (χ2n) is 15.5. The summed E-state index contributed by atoms with van der Waals surface area (Å²) in [5, 5.41) is 0.0801. The second kappa shape index (κ2) is 14.2. The molecule has 3 aromatic carbocycles. The molecule has 2 amide bonds. The molecule has 0 N–H and O–H groups in total. The van der Waals surface area contributed by atoms with Gasteiger partial charge in [0.15, 0.2) is 0 Å². The van der Waals surface area contributed by atoms with Crippen molar-refractivity contribution in [1.29, 1.82) is 0 Å². The fraction of sp³-hybridized carbons (Fsp3) is 0.487. The minimum absolute atomic E-state index is 0.0539. The molecule has 4 aliphatic rings. The van der Waals surface area contributed by atoms with Gasteiger partial charge in [0.2, 0.25) is 10.0 Å². The van der Waals surface area contributed by atoms with E-state index in [0.717, 1.165) is 43.1 Å². The Bertz CT molecular complexity index is 1910. The van der Waals surface area contributed by atoms with Crippen LogP contribution in [0.5, 0.6) is 0 Å². The lowest BCUT2D eigenvalue weighted by atomic mass is 9.90. The first-order valence-corrected chi connectivity index (χ1v) is 19.9. The standard InChI is InChI=1S/C39H47ClFN5O5S/c1-39(2,3)51-38(48)42(4)31-24-43(25-31)35-15-13-32(52(49,50)45-18-16-27(17-19-45)26-8-6-5-7-9-26)21-36(35)46-29-11-12-30(46)23-44(22-29)37(47)33-14-10-28(41)20-34(33)40/h5-10,13-15,20-21,27,29-31H,11-12,16-19,22-25H2,1-4H3. The van der Waals surface area contributed by atoms with Crippen LogP contribution in [0.2, 0.25) is 5.02 Å². The largest absolute Gasteiger partial charge is 0.444 e. The predicted octanol–water partition coefficient (Wildman–Crippen LogP) is 6.60. The summed E-state index contributed by atoms with van der Waals surface area (Å²) in [5.74, 6) is -0.421. The minimum Gasteiger partial charge on any atom is -0.444 e. The molecule has 0 saturated carbocycles. The SMILES string of the molecule is CN(C(=O)OC(C)(C)C)C1CN(c2ccc(S(=O)(=O)N3CCC(c4ccccc4)CC3)cc2N2C3CCC2CN(C(=O)c2ccc(F)cc2Cl)C3)C1. The van der Waals surface area contributed by atoms with Crippen molar-refractivity contribution in [2.24, 2.45) is 0 Å². The summed E-state index contributed by atoms with van der Waals surface area (Å²) in [6.07, 6.45) is 2.80. The zero-order valence-corrected chi connectivity index (χ0v) is 31.7. The van der Waals surface area contributed by atoms with Crippen molar-refractivity contribution in [3.63, 3.8) is 0 Å². The fourth-order valence-corrected chi connectivity index (χ4v) is 9.86. The van der Waals surface area contributed by atoms with Crippen LogP contribution in [0.25, 0.3) is 0 Å². The molecule has 10 nitrogen and oxygen atoms in total. The van der Waals surface area contributed by atoms with Crippen LogP contribution in [0.4, 0.5) is 20.6 Å². The fourth-order valence-electron chi connectivity index (χ4n) is 8.12. The summed E-state index contributed by atoms with van der Waals surface area (Å²) in [6.45, 7) is 8.41.